The summed E-state index contributed by atoms with van der Waals surface area (Å²) in [4.78, 5) is 44.5. The van der Waals surface area contributed by atoms with Crippen molar-refractivity contribution in [3.8, 4) is 0 Å². The largest absolute Gasteiger partial charge is 0.466 e. The number of rotatable bonds is 6. The van der Waals surface area contributed by atoms with E-state index in [9.17, 15) is 14.4 Å². The molecule has 3 heterocycles. The van der Waals surface area contributed by atoms with Gasteiger partial charge in [-0.25, -0.2) is 4.98 Å². The predicted molar refractivity (Wildman–Crippen MR) is 102 cm³/mol. The molecule has 1 saturated heterocycles. The maximum Gasteiger partial charge on any atom is 0.310 e. The first kappa shape index (κ1) is 19.7. The van der Waals surface area contributed by atoms with Crippen LogP contribution < -0.4 is 4.90 Å². The Hall–Kier alpha value is -2.09. The number of carbonyl (C=O) groups excluding carboxylic acids is 3. The van der Waals surface area contributed by atoms with E-state index >= 15 is 0 Å². The molecule has 2 aliphatic heterocycles. The summed E-state index contributed by atoms with van der Waals surface area (Å²) < 4.78 is 5.09. The van der Waals surface area contributed by atoms with Crippen LogP contribution in [0.5, 0.6) is 0 Å². The van der Waals surface area contributed by atoms with Crippen LogP contribution in [0.1, 0.15) is 32.6 Å². The summed E-state index contributed by atoms with van der Waals surface area (Å²) in [5.74, 6) is 0.0324. The molecule has 0 aliphatic carbocycles. The molecular formula is C19H25N3O4S. The number of aromatic nitrogens is 1. The fourth-order valence-electron chi connectivity index (χ4n) is 3.49. The van der Waals surface area contributed by atoms with Gasteiger partial charge in [0.25, 0.3) is 0 Å². The minimum absolute atomic E-state index is 0.0363. The van der Waals surface area contributed by atoms with Crippen LogP contribution in [0.3, 0.4) is 0 Å². The zero-order valence-corrected chi connectivity index (χ0v) is 16.4. The topological polar surface area (TPSA) is 79.8 Å². The first-order valence-corrected chi connectivity index (χ1v) is 10.4. The highest BCUT2D eigenvalue weighted by Gasteiger charge is 2.30. The number of pyridine rings is 1. The predicted octanol–water partition coefficient (Wildman–Crippen LogP) is 2.10. The molecule has 2 amide bonds. The van der Waals surface area contributed by atoms with Gasteiger partial charge in [-0.15, -0.1) is 0 Å². The fourth-order valence-corrected chi connectivity index (χ4v) is 4.37. The number of hydrogen-bond donors (Lipinski definition) is 0. The molecule has 1 aromatic rings. The highest BCUT2D eigenvalue weighted by Crippen LogP contribution is 2.33. The minimum Gasteiger partial charge on any atom is -0.466 e. The second kappa shape index (κ2) is 9.21. The quantitative estimate of drug-likeness (QED) is 0.691. The zero-order valence-electron chi connectivity index (χ0n) is 15.6. The average Bonchev–Trinajstić information content (AvgIpc) is 2.70. The molecule has 0 unspecified atom stereocenters. The second-order valence-corrected chi connectivity index (χ2v) is 7.66. The molecule has 1 aromatic heterocycles. The third-order valence-corrected chi connectivity index (χ3v) is 5.82. The smallest absolute Gasteiger partial charge is 0.310 e. The van der Waals surface area contributed by atoms with Crippen LogP contribution in [0.25, 0.3) is 0 Å². The summed E-state index contributed by atoms with van der Waals surface area (Å²) in [6, 6.07) is 3.71. The summed E-state index contributed by atoms with van der Waals surface area (Å²) in [7, 11) is 0. The Morgan fingerprint density at radius 3 is 3.07 bits per heavy atom. The number of thioether (sulfide) groups is 1. The standard InChI is InChI=1S/C19H25N3O4S/c1-2-26-19(25)14-6-4-10-21(12-14)16(23)8-5-11-22-15-7-3-9-20-18(15)27-13-17(22)24/h3,7,9,14H,2,4-6,8,10-13H2,1H3/t14-/m1/s1. The maximum atomic E-state index is 12.5. The fraction of sp³-hybridized carbons (Fsp3) is 0.579. The summed E-state index contributed by atoms with van der Waals surface area (Å²) in [6.07, 6.45) is 4.26. The third kappa shape index (κ3) is 4.80. The van der Waals surface area contributed by atoms with Crippen LogP contribution in [-0.4, -0.2) is 59.7 Å². The molecular weight excluding hydrogens is 366 g/mol. The lowest BCUT2D eigenvalue weighted by Crippen LogP contribution is -2.43. The van der Waals surface area contributed by atoms with Crippen molar-refractivity contribution in [1.82, 2.24) is 9.88 Å². The second-order valence-electron chi connectivity index (χ2n) is 6.70. The number of amides is 2. The highest BCUT2D eigenvalue weighted by molar-refractivity contribution is 8.00. The normalized spacial score (nSPS) is 19.6. The van der Waals surface area contributed by atoms with Crippen molar-refractivity contribution in [3.63, 3.8) is 0 Å². The summed E-state index contributed by atoms with van der Waals surface area (Å²) in [6.45, 7) is 3.77. The van der Waals surface area contributed by atoms with Gasteiger partial charge in [-0.05, 0) is 38.3 Å². The lowest BCUT2D eigenvalue weighted by molar-refractivity contribution is -0.151. The number of anilines is 1. The molecule has 7 nitrogen and oxygen atoms in total. The van der Waals surface area contributed by atoms with E-state index in [1.165, 1.54) is 11.8 Å². The van der Waals surface area contributed by atoms with E-state index < -0.39 is 0 Å². The van der Waals surface area contributed by atoms with Crippen LogP contribution in [0, 0.1) is 5.92 Å². The molecule has 1 fully saturated rings. The number of likely N-dealkylation sites (tertiary alicyclic amines) is 1. The van der Waals surface area contributed by atoms with E-state index in [2.05, 4.69) is 4.98 Å². The Morgan fingerprint density at radius 1 is 1.41 bits per heavy atom. The van der Waals surface area contributed by atoms with Gasteiger partial charge in [0.05, 0.1) is 24.0 Å². The van der Waals surface area contributed by atoms with Gasteiger partial charge in [-0.3, -0.25) is 14.4 Å². The Bertz CT molecular complexity index is 712. The van der Waals surface area contributed by atoms with Gasteiger partial charge in [-0.1, -0.05) is 11.8 Å². The maximum absolute atomic E-state index is 12.5. The summed E-state index contributed by atoms with van der Waals surface area (Å²) in [5, 5.41) is 0.858. The van der Waals surface area contributed by atoms with Crippen LogP contribution in [-0.2, 0) is 19.1 Å². The summed E-state index contributed by atoms with van der Waals surface area (Å²) >= 11 is 1.45. The molecule has 0 bridgehead atoms. The lowest BCUT2D eigenvalue weighted by atomic mass is 9.98. The first-order chi connectivity index (χ1) is 13.1. The Balaban J connectivity index is 1.51. The van der Waals surface area contributed by atoms with Crippen LogP contribution in [0.15, 0.2) is 23.4 Å². The molecule has 3 rings (SSSR count). The third-order valence-electron chi connectivity index (χ3n) is 4.84. The minimum atomic E-state index is -0.221. The number of hydrogen-bond acceptors (Lipinski definition) is 6. The number of fused-ring (bicyclic) bond motifs is 1. The number of piperidine rings is 1. The molecule has 2 aliphatic rings. The van der Waals surface area contributed by atoms with Gasteiger partial charge in [0.1, 0.15) is 5.03 Å². The van der Waals surface area contributed by atoms with E-state index in [1.807, 2.05) is 12.1 Å². The Kier molecular flexibility index (Phi) is 6.71. The van der Waals surface area contributed by atoms with Gasteiger partial charge in [0.2, 0.25) is 11.8 Å². The van der Waals surface area contributed by atoms with E-state index in [1.54, 1.807) is 22.9 Å². The van der Waals surface area contributed by atoms with E-state index in [0.717, 1.165) is 23.6 Å². The van der Waals surface area contributed by atoms with Gasteiger partial charge in [0.15, 0.2) is 0 Å². The monoisotopic (exact) mass is 391 g/mol. The van der Waals surface area contributed by atoms with Gasteiger partial charge >= 0.3 is 5.97 Å². The number of nitrogens with zero attached hydrogens (tertiary/aromatic N) is 3. The molecule has 0 aromatic carbocycles. The van der Waals surface area contributed by atoms with E-state index in [0.29, 0.717) is 44.8 Å². The van der Waals surface area contributed by atoms with E-state index in [4.69, 9.17) is 4.74 Å². The number of esters is 1. The summed E-state index contributed by atoms with van der Waals surface area (Å²) in [5.41, 5.74) is 0.826. The molecule has 0 spiro atoms. The van der Waals surface area contributed by atoms with Crippen molar-refractivity contribution in [2.75, 3.05) is 36.9 Å². The van der Waals surface area contributed by atoms with Crippen LogP contribution in [0.4, 0.5) is 5.69 Å². The first-order valence-electron chi connectivity index (χ1n) is 9.42. The molecule has 0 N–H and O–H groups in total. The van der Waals surface area contributed by atoms with Crippen molar-refractivity contribution in [2.24, 2.45) is 5.92 Å². The van der Waals surface area contributed by atoms with Crippen molar-refractivity contribution in [3.05, 3.63) is 18.3 Å². The molecule has 27 heavy (non-hydrogen) atoms. The number of ether oxygens (including phenoxy) is 1. The molecule has 1 atom stereocenters. The SMILES string of the molecule is CCOC(=O)[C@@H]1CCCN(C(=O)CCCN2C(=O)CSc3ncccc32)C1. The zero-order chi connectivity index (χ0) is 19.2. The van der Waals surface area contributed by atoms with Crippen molar-refractivity contribution >= 4 is 35.2 Å². The van der Waals surface area contributed by atoms with Crippen molar-refractivity contribution in [2.45, 2.75) is 37.6 Å². The molecule has 0 saturated carbocycles. The van der Waals surface area contributed by atoms with Crippen molar-refractivity contribution < 1.29 is 19.1 Å². The molecule has 146 valence electrons. The lowest BCUT2D eigenvalue weighted by Gasteiger charge is -2.32. The van der Waals surface area contributed by atoms with Gasteiger partial charge in [0, 0.05) is 32.3 Å². The highest BCUT2D eigenvalue weighted by atomic mass is 32.2. The Morgan fingerprint density at radius 2 is 2.26 bits per heavy atom. The van der Waals surface area contributed by atoms with Crippen LogP contribution >= 0.6 is 11.8 Å². The Labute approximate surface area is 163 Å². The number of carbonyl (C=O) groups is 3. The van der Waals surface area contributed by atoms with Crippen LogP contribution in [0.2, 0.25) is 0 Å². The van der Waals surface area contributed by atoms with Gasteiger partial charge < -0.3 is 14.5 Å². The van der Waals surface area contributed by atoms with Gasteiger partial charge in [-0.2, -0.15) is 0 Å². The molecule has 8 heteroatoms. The average molecular weight is 391 g/mol. The van der Waals surface area contributed by atoms with E-state index in [-0.39, 0.29) is 23.7 Å². The van der Waals surface area contributed by atoms with Crippen molar-refractivity contribution in [1.29, 1.82) is 0 Å². The molecule has 0 radical (unpaired) electrons.